The number of benzene rings is 1. The molecule has 1 fully saturated rings. The highest BCUT2D eigenvalue weighted by atomic mass is 35.5. The van der Waals surface area contributed by atoms with Crippen molar-refractivity contribution in [1.82, 2.24) is 9.62 Å². The van der Waals surface area contributed by atoms with Crippen LogP contribution in [0.15, 0.2) is 23.1 Å². The van der Waals surface area contributed by atoms with E-state index in [-0.39, 0.29) is 27.4 Å². The number of halogens is 1. The van der Waals surface area contributed by atoms with Crippen LogP contribution in [0, 0.1) is 0 Å². The Hall–Kier alpha value is -1.11. The van der Waals surface area contributed by atoms with E-state index in [1.54, 1.807) is 0 Å². The van der Waals surface area contributed by atoms with Gasteiger partial charge in [-0.25, -0.2) is 8.42 Å². The van der Waals surface area contributed by atoms with E-state index in [0.717, 1.165) is 25.7 Å². The normalized spacial score (nSPS) is 17.7. The second-order valence-corrected chi connectivity index (χ2v) is 8.23. The summed E-state index contributed by atoms with van der Waals surface area (Å²) in [5.41, 5.74) is 0.199. The number of nitrogens with one attached hydrogen (secondary N) is 1. The Balaban J connectivity index is 2.30. The third-order valence-electron chi connectivity index (χ3n) is 4.13. The minimum absolute atomic E-state index is 0.000856. The Morgan fingerprint density at radius 2 is 1.96 bits per heavy atom. The van der Waals surface area contributed by atoms with Crippen LogP contribution in [0.4, 0.5) is 0 Å². The summed E-state index contributed by atoms with van der Waals surface area (Å²) >= 11 is 6.08. The number of rotatable bonds is 5. The van der Waals surface area contributed by atoms with Crippen molar-refractivity contribution in [2.45, 2.75) is 50.5 Å². The van der Waals surface area contributed by atoms with E-state index >= 15 is 0 Å². The number of carbonyl (C=O) groups is 1. The maximum absolute atomic E-state index is 12.7. The first kappa shape index (κ1) is 18.2. The van der Waals surface area contributed by atoms with Gasteiger partial charge in [0.2, 0.25) is 10.0 Å². The van der Waals surface area contributed by atoms with Crippen molar-refractivity contribution < 1.29 is 13.2 Å². The Bertz CT molecular complexity index is 670. The van der Waals surface area contributed by atoms with Gasteiger partial charge in [-0.05, 0) is 44.4 Å². The lowest BCUT2D eigenvalue weighted by Gasteiger charge is -2.26. The van der Waals surface area contributed by atoms with Crippen LogP contribution in [0.25, 0.3) is 0 Å². The zero-order chi connectivity index (χ0) is 17.0. The van der Waals surface area contributed by atoms with Crippen molar-refractivity contribution in [3.63, 3.8) is 0 Å². The van der Waals surface area contributed by atoms with Crippen LogP contribution in [-0.2, 0) is 10.0 Å². The van der Waals surface area contributed by atoms with Crippen molar-refractivity contribution >= 4 is 27.5 Å². The minimum Gasteiger partial charge on any atom is -0.350 e. The monoisotopic (exact) mass is 358 g/mol. The molecular formula is C16H23ClN2O3S. The predicted octanol–water partition coefficient (Wildman–Crippen LogP) is 3.04. The highest BCUT2D eigenvalue weighted by Crippen LogP contribution is 2.25. The first-order valence-corrected chi connectivity index (χ1v) is 9.78. The molecule has 0 aliphatic carbocycles. The molecule has 1 aromatic rings. The molecule has 1 aliphatic rings. The smallest absolute Gasteiger partial charge is 0.253 e. The predicted molar refractivity (Wildman–Crippen MR) is 91.3 cm³/mol. The van der Waals surface area contributed by atoms with Gasteiger partial charge >= 0.3 is 0 Å². The van der Waals surface area contributed by atoms with Crippen molar-refractivity contribution in [2.75, 3.05) is 13.1 Å². The molecule has 23 heavy (non-hydrogen) atoms. The molecule has 7 heteroatoms. The molecule has 0 bridgehead atoms. The summed E-state index contributed by atoms with van der Waals surface area (Å²) in [5, 5.41) is 3.07. The van der Waals surface area contributed by atoms with Gasteiger partial charge in [0.05, 0.1) is 15.5 Å². The van der Waals surface area contributed by atoms with Crippen molar-refractivity contribution in [1.29, 1.82) is 0 Å². The molecule has 5 nitrogen and oxygen atoms in total. The van der Waals surface area contributed by atoms with Crippen LogP contribution in [0.1, 0.15) is 49.9 Å². The zero-order valence-electron chi connectivity index (χ0n) is 13.5. The van der Waals surface area contributed by atoms with Gasteiger partial charge < -0.3 is 5.32 Å². The summed E-state index contributed by atoms with van der Waals surface area (Å²) in [4.78, 5) is 12.4. The lowest BCUT2D eigenvalue weighted by atomic mass is 10.2. The Labute approximate surface area is 143 Å². The largest absolute Gasteiger partial charge is 0.350 e. The van der Waals surface area contributed by atoms with E-state index in [0.29, 0.717) is 13.1 Å². The first-order chi connectivity index (χ1) is 10.9. The van der Waals surface area contributed by atoms with Crippen LogP contribution in [0.3, 0.4) is 0 Å². The van der Waals surface area contributed by atoms with Gasteiger partial charge in [0.25, 0.3) is 5.91 Å². The van der Waals surface area contributed by atoms with Crippen LogP contribution in [-0.4, -0.2) is 37.8 Å². The van der Waals surface area contributed by atoms with E-state index in [4.69, 9.17) is 11.6 Å². The fourth-order valence-electron chi connectivity index (χ4n) is 2.50. The number of carbonyl (C=O) groups excluding carboxylic acids is 1. The molecule has 1 heterocycles. The first-order valence-electron chi connectivity index (χ1n) is 7.97. The Morgan fingerprint density at radius 1 is 1.30 bits per heavy atom. The van der Waals surface area contributed by atoms with Gasteiger partial charge in [0, 0.05) is 19.1 Å². The Morgan fingerprint density at radius 3 is 2.57 bits per heavy atom. The van der Waals surface area contributed by atoms with E-state index in [2.05, 4.69) is 5.32 Å². The molecule has 0 unspecified atom stereocenters. The highest BCUT2D eigenvalue weighted by molar-refractivity contribution is 7.89. The van der Waals surface area contributed by atoms with E-state index < -0.39 is 10.0 Å². The second-order valence-electron chi connectivity index (χ2n) is 5.89. The molecule has 2 rings (SSSR count). The number of amides is 1. The molecule has 0 aromatic heterocycles. The number of hydrogen-bond donors (Lipinski definition) is 1. The zero-order valence-corrected chi connectivity index (χ0v) is 15.1. The van der Waals surface area contributed by atoms with Gasteiger partial charge in [-0.1, -0.05) is 24.9 Å². The molecule has 1 N–H and O–H groups in total. The second kappa shape index (κ2) is 7.64. The summed E-state index contributed by atoms with van der Waals surface area (Å²) in [6.07, 6.45) is 3.58. The van der Waals surface area contributed by atoms with Crippen molar-refractivity contribution in [3.8, 4) is 0 Å². The van der Waals surface area contributed by atoms with Crippen LogP contribution in [0.2, 0.25) is 5.02 Å². The molecular weight excluding hydrogens is 336 g/mol. The van der Waals surface area contributed by atoms with Gasteiger partial charge in [0.15, 0.2) is 0 Å². The lowest BCUT2D eigenvalue weighted by Crippen LogP contribution is -2.36. The van der Waals surface area contributed by atoms with Crippen molar-refractivity contribution in [2.24, 2.45) is 0 Å². The summed E-state index contributed by atoms with van der Waals surface area (Å²) in [5.74, 6) is -0.347. The van der Waals surface area contributed by atoms with E-state index in [1.807, 2.05) is 13.8 Å². The topological polar surface area (TPSA) is 66.5 Å². The van der Waals surface area contributed by atoms with Gasteiger partial charge in [0.1, 0.15) is 0 Å². The number of sulfonamides is 1. The quantitative estimate of drug-likeness (QED) is 0.879. The lowest BCUT2D eigenvalue weighted by molar-refractivity contribution is 0.0939. The molecule has 1 aromatic carbocycles. The van der Waals surface area contributed by atoms with Gasteiger partial charge in [-0.3, -0.25) is 4.79 Å². The highest BCUT2D eigenvalue weighted by Gasteiger charge is 2.27. The SMILES string of the molecule is CC[C@H](C)NC(=O)c1cc(S(=O)(=O)N2CCCCC2)ccc1Cl. The molecule has 0 radical (unpaired) electrons. The third kappa shape index (κ3) is 4.25. The summed E-state index contributed by atoms with van der Waals surface area (Å²) in [6.45, 7) is 4.91. The standard InChI is InChI=1S/C16H23ClN2O3S/c1-3-12(2)18-16(20)14-11-13(7-8-15(14)17)23(21,22)19-9-5-4-6-10-19/h7-8,11-12H,3-6,9-10H2,1-2H3,(H,18,20)/t12-/m0/s1. The average Bonchev–Trinajstić information content (AvgIpc) is 2.55. The van der Waals surface area contributed by atoms with Crippen LogP contribution < -0.4 is 5.32 Å². The molecule has 1 saturated heterocycles. The molecule has 1 aliphatic heterocycles. The maximum Gasteiger partial charge on any atom is 0.253 e. The molecule has 0 saturated carbocycles. The fourth-order valence-corrected chi connectivity index (χ4v) is 4.24. The van der Waals surface area contributed by atoms with E-state index in [1.165, 1.54) is 22.5 Å². The average molecular weight is 359 g/mol. The van der Waals surface area contributed by atoms with Crippen LogP contribution >= 0.6 is 11.6 Å². The number of nitrogens with zero attached hydrogens (tertiary/aromatic N) is 1. The van der Waals surface area contributed by atoms with Crippen molar-refractivity contribution in [3.05, 3.63) is 28.8 Å². The molecule has 128 valence electrons. The molecule has 1 atom stereocenters. The third-order valence-corrected chi connectivity index (χ3v) is 6.35. The number of hydrogen-bond acceptors (Lipinski definition) is 3. The number of piperidine rings is 1. The van der Waals surface area contributed by atoms with Crippen LogP contribution in [0.5, 0.6) is 0 Å². The summed E-state index contributed by atoms with van der Waals surface area (Å²) in [6, 6.07) is 4.32. The van der Waals surface area contributed by atoms with Gasteiger partial charge in [-0.15, -0.1) is 0 Å². The molecule has 0 spiro atoms. The van der Waals surface area contributed by atoms with Gasteiger partial charge in [-0.2, -0.15) is 4.31 Å². The summed E-state index contributed by atoms with van der Waals surface area (Å²) < 4.78 is 26.9. The minimum atomic E-state index is -3.57. The Kier molecular flexibility index (Phi) is 6.06. The summed E-state index contributed by atoms with van der Waals surface area (Å²) in [7, 11) is -3.57. The fraction of sp³-hybridized carbons (Fsp3) is 0.562. The molecule has 1 amide bonds. The van der Waals surface area contributed by atoms with E-state index in [9.17, 15) is 13.2 Å². The maximum atomic E-state index is 12.7.